The molecule has 0 aliphatic heterocycles. The van der Waals surface area contributed by atoms with Crippen LogP contribution in [0.2, 0.25) is 0 Å². The lowest BCUT2D eigenvalue weighted by atomic mass is 9.49. The molecule has 0 saturated heterocycles. The Morgan fingerprint density at radius 3 is 2.36 bits per heavy atom. The molecule has 8 heteroatoms. The summed E-state index contributed by atoms with van der Waals surface area (Å²) in [5.41, 5.74) is 0.328. The number of nitrogens with zero attached hydrogens (tertiary/aromatic N) is 1. The highest BCUT2D eigenvalue weighted by Crippen LogP contribution is 2.60. The summed E-state index contributed by atoms with van der Waals surface area (Å²) in [6.07, 6.45) is 5.58. The highest BCUT2D eigenvalue weighted by atomic mass is 16.5. The molecule has 8 nitrogen and oxygen atoms in total. The SMILES string of the molecule is Cc1cc(NC(=O)C(C)OC(=O)CNC(=O)C23CC4CC(CC(C4)C2)C3)on1. The van der Waals surface area contributed by atoms with E-state index in [0.29, 0.717) is 23.4 Å². The van der Waals surface area contributed by atoms with Gasteiger partial charge in [-0.05, 0) is 70.1 Å². The summed E-state index contributed by atoms with van der Waals surface area (Å²) in [6, 6.07) is 1.57. The zero-order valence-corrected chi connectivity index (χ0v) is 16.3. The molecule has 0 spiro atoms. The number of anilines is 1. The Morgan fingerprint density at radius 2 is 1.82 bits per heavy atom. The predicted molar refractivity (Wildman–Crippen MR) is 99.0 cm³/mol. The zero-order valence-electron chi connectivity index (χ0n) is 16.3. The van der Waals surface area contributed by atoms with E-state index >= 15 is 0 Å². The van der Waals surface area contributed by atoms with Crippen LogP contribution in [0.3, 0.4) is 0 Å². The van der Waals surface area contributed by atoms with Gasteiger partial charge >= 0.3 is 5.97 Å². The molecular formula is C20H27N3O5. The Balaban J connectivity index is 1.25. The van der Waals surface area contributed by atoms with Crippen molar-refractivity contribution >= 4 is 23.7 Å². The monoisotopic (exact) mass is 389 g/mol. The van der Waals surface area contributed by atoms with Crippen LogP contribution in [-0.4, -0.2) is 35.6 Å². The molecule has 4 bridgehead atoms. The van der Waals surface area contributed by atoms with Gasteiger partial charge in [0.2, 0.25) is 11.8 Å². The molecule has 4 fully saturated rings. The van der Waals surface area contributed by atoms with Crippen LogP contribution < -0.4 is 10.6 Å². The first-order chi connectivity index (χ1) is 13.3. The largest absolute Gasteiger partial charge is 0.451 e. The molecule has 1 atom stereocenters. The number of rotatable bonds is 6. The molecule has 0 radical (unpaired) electrons. The summed E-state index contributed by atoms with van der Waals surface area (Å²) < 4.78 is 10.0. The molecule has 1 heterocycles. The van der Waals surface area contributed by atoms with E-state index in [9.17, 15) is 14.4 Å². The van der Waals surface area contributed by atoms with Gasteiger partial charge in [0.25, 0.3) is 5.91 Å². The average molecular weight is 389 g/mol. The van der Waals surface area contributed by atoms with Crippen LogP contribution in [-0.2, 0) is 19.1 Å². The van der Waals surface area contributed by atoms with Gasteiger partial charge < -0.3 is 14.6 Å². The Bertz CT molecular complexity index is 751. The smallest absolute Gasteiger partial charge is 0.326 e. The molecule has 152 valence electrons. The molecule has 2 amide bonds. The van der Waals surface area contributed by atoms with E-state index in [2.05, 4.69) is 15.8 Å². The van der Waals surface area contributed by atoms with Crippen molar-refractivity contribution in [1.82, 2.24) is 10.5 Å². The predicted octanol–water partition coefficient (Wildman–Crippen LogP) is 2.19. The molecule has 2 N–H and O–H groups in total. The molecule has 4 aliphatic carbocycles. The van der Waals surface area contributed by atoms with Gasteiger partial charge in [-0.1, -0.05) is 5.16 Å². The molecular weight excluding hydrogens is 362 g/mol. The second kappa shape index (κ2) is 7.22. The lowest BCUT2D eigenvalue weighted by Crippen LogP contribution is -2.54. The first kappa shape index (κ1) is 19.0. The van der Waals surface area contributed by atoms with Gasteiger partial charge in [-0.25, -0.2) is 0 Å². The van der Waals surface area contributed by atoms with E-state index in [0.717, 1.165) is 19.3 Å². The van der Waals surface area contributed by atoms with Gasteiger partial charge in [0.05, 0.1) is 5.69 Å². The fourth-order valence-corrected chi connectivity index (χ4v) is 5.67. The van der Waals surface area contributed by atoms with Gasteiger partial charge in [0.15, 0.2) is 6.10 Å². The Kier molecular flexibility index (Phi) is 4.89. The highest BCUT2D eigenvalue weighted by Gasteiger charge is 2.54. The lowest BCUT2D eigenvalue weighted by Gasteiger charge is -2.55. The minimum atomic E-state index is -1.01. The van der Waals surface area contributed by atoms with E-state index in [1.54, 1.807) is 13.0 Å². The number of aromatic nitrogens is 1. The Labute approximate surface area is 163 Å². The third kappa shape index (κ3) is 3.77. The Morgan fingerprint density at radius 1 is 1.21 bits per heavy atom. The fourth-order valence-electron chi connectivity index (χ4n) is 5.67. The number of aryl methyl sites for hydroxylation is 1. The van der Waals surface area contributed by atoms with Crippen molar-refractivity contribution in [3.8, 4) is 0 Å². The lowest BCUT2D eigenvalue weighted by molar-refractivity contribution is -0.155. The maximum Gasteiger partial charge on any atom is 0.326 e. The summed E-state index contributed by atoms with van der Waals surface area (Å²) >= 11 is 0. The van der Waals surface area contributed by atoms with Crippen LogP contribution >= 0.6 is 0 Å². The molecule has 1 aromatic rings. The first-order valence-corrected chi connectivity index (χ1v) is 10.0. The van der Waals surface area contributed by atoms with E-state index in [1.165, 1.54) is 26.2 Å². The van der Waals surface area contributed by atoms with Crippen molar-refractivity contribution in [2.75, 3.05) is 11.9 Å². The maximum atomic E-state index is 12.8. The van der Waals surface area contributed by atoms with Crippen LogP contribution in [0.25, 0.3) is 0 Å². The van der Waals surface area contributed by atoms with E-state index < -0.39 is 18.0 Å². The maximum absolute atomic E-state index is 12.8. The van der Waals surface area contributed by atoms with Gasteiger partial charge in [-0.3, -0.25) is 19.7 Å². The van der Waals surface area contributed by atoms with Crippen LogP contribution in [0.4, 0.5) is 5.88 Å². The Hall–Kier alpha value is -2.38. The number of ether oxygens (including phenoxy) is 1. The second-order valence-corrected chi connectivity index (χ2v) is 8.83. The number of carbonyl (C=O) groups excluding carboxylic acids is 3. The number of amides is 2. The number of hydrogen-bond donors (Lipinski definition) is 2. The number of nitrogens with one attached hydrogen (secondary N) is 2. The van der Waals surface area contributed by atoms with E-state index in [1.807, 2.05) is 0 Å². The third-order valence-electron chi connectivity index (χ3n) is 6.47. The average Bonchev–Trinajstić information content (AvgIpc) is 3.03. The van der Waals surface area contributed by atoms with Gasteiger partial charge in [0.1, 0.15) is 6.54 Å². The van der Waals surface area contributed by atoms with Crippen LogP contribution in [0.15, 0.2) is 10.6 Å². The molecule has 5 rings (SSSR count). The fraction of sp³-hybridized carbons (Fsp3) is 0.700. The van der Waals surface area contributed by atoms with Crippen molar-refractivity contribution in [1.29, 1.82) is 0 Å². The minimum Gasteiger partial charge on any atom is -0.451 e. The first-order valence-electron chi connectivity index (χ1n) is 10.0. The molecule has 1 unspecified atom stereocenters. The van der Waals surface area contributed by atoms with E-state index in [4.69, 9.17) is 9.26 Å². The number of carbonyl (C=O) groups is 3. The number of esters is 1. The summed E-state index contributed by atoms with van der Waals surface area (Å²) in [5, 5.41) is 8.92. The van der Waals surface area contributed by atoms with Crippen molar-refractivity contribution in [3.05, 3.63) is 11.8 Å². The van der Waals surface area contributed by atoms with Crippen LogP contribution in [0.1, 0.15) is 51.1 Å². The van der Waals surface area contributed by atoms with Crippen molar-refractivity contribution in [3.63, 3.8) is 0 Å². The van der Waals surface area contributed by atoms with Crippen LogP contribution in [0.5, 0.6) is 0 Å². The van der Waals surface area contributed by atoms with Gasteiger partial charge in [0, 0.05) is 11.5 Å². The van der Waals surface area contributed by atoms with Crippen LogP contribution in [0, 0.1) is 30.1 Å². The standard InChI is InChI=1S/C20H27N3O5/c1-11-3-16(28-23-11)22-18(25)12(2)27-17(24)10-21-19(26)20-7-13-4-14(8-20)6-15(5-13)9-20/h3,12-15H,4-10H2,1-2H3,(H,21,26)(H,22,25). The normalized spacial score (nSPS) is 31.3. The zero-order chi connectivity index (χ0) is 19.9. The second-order valence-electron chi connectivity index (χ2n) is 8.83. The summed E-state index contributed by atoms with van der Waals surface area (Å²) in [6.45, 7) is 2.98. The topological polar surface area (TPSA) is 111 Å². The molecule has 28 heavy (non-hydrogen) atoms. The van der Waals surface area contributed by atoms with Crippen molar-refractivity contribution in [2.24, 2.45) is 23.2 Å². The number of hydrogen-bond acceptors (Lipinski definition) is 6. The van der Waals surface area contributed by atoms with E-state index in [-0.39, 0.29) is 23.8 Å². The summed E-state index contributed by atoms with van der Waals surface area (Å²) in [4.78, 5) is 37.0. The molecule has 0 aromatic carbocycles. The minimum absolute atomic E-state index is 0.0298. The van der Waals surface area contributed by atoms with Crippen molar-refractivity contribution in [2.45, 2.75) is 58.5 Å². The molecule has 4 aliphatic rings. The third-order valence-corrected chi connectivity index (χ3v) is 6.47. The molecule has 4 saturated carbocycles. The van der Waals surface area contributed by atoms with Gasteiger partial charge in [-0.2, -0.15) is 0 Å². The van der Waals surface area contributed by atoms with Gasteiger partial charge in [-0.15, -0.1) is 0 Å². The molecule has 1 aromatic heterocycles. The quantitative estimate of drug-likeness (QED) is 0.722. The highest BCUT2D eigenvalue weighted by molar-refractivity contribution is 5.94. The summed E-state index contributed by atoms with van der Waals surface area (Å²) in [7, 11) is 0. The van der Waals surface area contributed by atoms with Crippen molar-refractivity contribution < 1.29 is 23.6 Å². The summed E-state index contributed by atoms with van der Waals surface area (Å²) in [5.74, 6) is 0.997.